The lowest BCUT2D eigenvalue weighted by molar-refractivity contribution is -0.384. The highest BCUT2D eigenvalue weighted by atomic mass is 35.5. The number of rotatable bonds is 5. The van der Waals surface area contributed by atoms with Gasteiger partial charge in [0.25, 0.3) is 5.69 Å². The summed E-state index contributed by atoms with van der Waals surface area (Å²) in [5, 5.41) is 12.6. The van der Waals surface area contributed by atoms with Crippen LogP contribution in [0.15, 0.2) is 35.5 Å². The summed E-state index contributed by atoms with van der Waals surface area (Å²) in [6.45, 7) is 2.09. The van der Waals surface area contributed by atoms with Crippen LogP contribution in [0.1, 0.15) is 17.4 Å². The number of hydrogen-bond acceptors (Lipinski definition) is 6. The van der Waals surface area contributed by atoms with Crippen LogP contribution < -0.4 is 0 Å². The van der Waals surface area contributed by atoms with Gasteiger partial charge in [0.2, 0.25) is 0 Å². The smallest absolute Gasteiger partial charge is 0.258 e. The van der Waals surface area contributed by atoms with Gasteiger partial charge in [-0.1, -0.05) is 42.4 Å². The molecule has 3 rings (SSSR count). The Hall–Kier alpha value is -1.70. The molecule has 2 heterocycles. The van der Waals surface area contributed by atoms with E-state index < -0.39 is 4.92 Å². The number of nitro benzene ring substituents is 1. The minimum Gasteiger partial charge on any atom is -0.258 e. The molecule has 1 aromatic carbocycles. The van der Waals surface area contributed by atoms with Crippen molar-refractivity contribution in [3.63, 3.8) is 0 Å². The van der Waals surface area contributed by atoms with E-state index in [9.17, 15) is 10.1 Å². The fourth-order valence-electron chi connectivity index (χ4n) is 2.02. The number of thioether (sulfide) groups is 1. The van der Waals surface area contributed by atoms with Crippen molar-refractivity contribution in [1.29, 1.82) is 0 Å². The number of thiophene rings is 1. The predicted octanol–water partition coefficient (Wildman–Crippen LogP) is 5.11. The Balaban J connectivity index is 1.77. The van der Waals surface area contributed by atoms with Crippen LogP contribution in [-0.4, -0.2) is 14.9 Å². The number of non-ortho nitro benzene ring substituents is 1. The maximum absolute atomic E-state index is 10.6. The molecule has 0 fully saturated rings. The minimum absolute atomic E-state index is 0.0881. The summed E-state index contributed by atoms with van der Waals surface area (Å²) in [6.07, 6.45) is 0.947. The number of aromatic nitrogens is 2. The molecule has 23 heavy (non-hydrogen) atoms. The van der Waals surface area contributed by atoms with Gasteiger partial charge in [0.05, 0.1) is 4.92 Å². The number of fused-ring (bicyclic) bond motifs is 1. The maximum Gasteiger partial charge on any atom is 0.269 e. The average molecular weight is 366 g/mol. The van der Waals surface area contributed by atoms with Gasteiger partial charge in [-0.05, 0) is 18.1 Å². The fraction of sp³-hybridized carbons (Fsp3) is 0.200. The van der Waals surface area contributed by atoms with Gasteiger partial charge in [-0.25, -0.2) is 9.97 Å². The van der Waals surface area contributed by atoms with Gasteiger partial charge in [0.1, 0.15) is 9.98 Å². The Morgan fingerprint density at radius 1 is 1.30 bits per heavy atom. The van der Waals surface area contributed by atoms with Crippen LogP contribution in [0.4, 0.5) is 5.69 Å². The molecule has 0 N–H and O–H groups in total. The number of nitro groups is 1. The minimum atomic E-state index is -0.407. The van der Waals surface area contributed by atoms with Crippen molar-refractivity contribution in [2.75, 3.05) is 0 Å². The fourth-order valence-corrected chi connectivity index (χ4v) is 4.17. The van der Waals surface area contributed by atoms with E-state index in [0.717, 1.165) is 22.2 Å². The molecular formula is C15H12ClN3O2S2. The van der Waals surface area contributed by atoms with Crippen LogP contribution in [0.3, 0.4) is 0 Å². The molecule has 0 amide bonds. The third-order valence-electron chi connectivity index (χ3n) is 3.24. The molecule has 0 atom stereocenters. The normalized spacial score (nSPS) is 11.0. The molecule has 2 aromatic heterocycles. The Morgan fingerprint density at radius 3 is 2.70 bits per heavy atom. The zero-order chi connectivity index (χ0) is 16.4. The van der Waals surface area contributed by atoms with Crippen molar-refractivity contribution < 1.29 is 4.92 Å². The van der Waals surface area contributed by atoms with E-state index >= 15 is 0 Å². The second-order valence-corrected chi connectivity index (χ2v) is 7.21. The Morgan fingerprint density at radius 2 is 2.04 bits per heavy atom. The molecule has 0 bridgehead atoms. The molecule has 0 spiro atoms. The molecule has 0 aliphatic carbocycles. The lowest BCUT2D eigenvalue weighted by Crippen LogP contribution is -1.90. The summed E-state index contributed by atoms with van der Waals surface area (Å²) < 4.78 is 0. The molecule has 0 saturated carbocycles. The first-order chi connectivity index (χ1) is 11.1. The SMILES string of the molecule is CCc1cc2c(Cl)nc(SCc3ccc([N+](=O)[O-])cc3)nc2s1. The summed E-state index contributed by atoms with van der Waals surface area (Å²) >= 11 is 9.33. The highest BCUT2D eigenvalue weighted by molar-refractivity contribution is 7.98. The average Bonchev–Trinajstić information content (AvgIpc) is 2.97. The zero-order valence-electron chi connectivity index (χ0n) is 12.2. The lowest BCUT2D eigenvalue weighted by atomic mass is 10.2. The summed E-state index contributed by atoms with van der Waals surface area (Å²) in [5.74, 6) is 0.631. The molecular weight excluding hydrogens is 354 g/mol. The van der Waals surface area contributed by atoms with Crippen LogP contribution in [0.5, 0.6) is 0 Å². The predicted molar refractivity (Wildman–Crippen MR) is 94.5 cm³/mol. The van der Waals surface area contributed by atoms with E-state index in [1.807, 2.05) is 6.07 Å². The molecule has 0 aliphatic heterocycles. The Labute approximate surface area is 145 Å². The second-order valence-electron chi connectivity index (χ2n) is 4.79. The van der Waals surface area contributed by atoms with Gasteiger partial charge in [0, 0.05) is 28.1 Å². The third-order valence-corrected chi connectivity index (χ3v) is 5.62. The van der Waals surface area contributed by atoms with Gasteiger partial charge in [0.15, 0.2) is 5.16 Å². The van der Waals surface area contributed by atoms with Gasteiger partial charge in [-0.15, -0.1) is 11.3 Å². The van der Waals surface area contributed by atoms with Gasteiger partial charge in [-0.2, -0.15) is 0 Å². The van der Waals surface area contributed by atoms with Crippen molar-refractivity contribution in [2.45, 2.75) is 24.3 Å². The van der Waals surface area contributed by atoms with Crippen LogP contribution in [0, 0.1) is 10.1 Å². The molecule has 0 saturated heterocycles. The Kier molecular flexibility index (Phi) is 4.79. The van der Waals surface area contributed by atoms with Crippen LogP contribution in [0.2, 0.25) is 5.15 Å². The first kappa shape index (κ1) is 16.2. The van der Waals surface area contributed by atoms with Crippen LogP contribution in [-0.2, 0) is 12.2 Å². The summed E-state index contributed by atoms with van der Waals surface area (Å²) in [4.78, 5) is 21.2. The number of aryl methyl sites for hydroxylation is 1. The van der Waals surface area contributed by atoms with E-state index in [0.29, 0.717) is 16.1 Å². The highest BCUT2D eigenvalue weighted by Crippen LogP contribution is 2.32. The van der Waals surface area contributed by atoms with E-state index in [2.05, 4.69) is 16.9 Å². The van der Waals surface area contributed by atoms with Gasteiger partial charge < -0.3 is 0 Å². The maximum atomic E-state index is 10.6. The van der Waals surface area contributed by atoms with E-state index in [4.69, 9.17) is 11.6 Å². The molecule has 5 nitrogen and oxygen atoms in total. The Bertz CT molecular complexity index is 865. The van der Waals surface area contributed by atoms with Gasteiger partial charge in [-0.3, -0.25) is 10.1 Å². The van der Waals surface area contributed by atoms with E-state index in [1.54, 1.807) is 23.5 Å². The van der Waals surface area contributed by atoms with Gasteiger partial charge >= 0.3 is 0 Å². The lowest BCUT2D eigenvalue weighted by Gasteiger charge is -2.02. The molecule has 8 heteroatoms. The number of halogens is 1. The first-order valence-electron chi connectivity index (χ1n) is 6.89. The monoisotopic (exact) mass is 365 g/mol. The quantitative estimate of drug-likeness (QED) is 0.206. The number of benzene rings is 1. The van der Waals surface area contributed by atoms with E-state index in [-0.39, 0.29) is 5.69 Å². The first-order valence-corrected chi connectivity index (χ1v) is 9.07. The summed E-state index contributed by atoms with van der Waals surface area (Å²) in [7, 11) is 0. The topological polar surface area (TPSA) is 68.9 Å². The molecule has 118 valence electrons. The van der Waals surface area contributed by atoms with Crippen LogP contribution >= 0.6 is 34.7 Å². The second kappa shape index (κ2) is 6.82. The third kappa shape index (κ3) is 3.63. The number of nitrogens with zero attached hydrogens (tertiary/aromatic N) is 3. The van der Waals surface area contributed by atoms with E-state index in [1.165, 1.54) is 28.8 Å². The molecule has 0 unspecified atom stereocenters. The van der Waals surface area contributed by atoms with Crippen molar-refractivity contribution in [3.8, 4) is 0 Å². The highest BCUT2D eigenvalue weighted by Gasteiger charge is 2.11. The largest absolute Gasteiger partial charge is 0.269 e. The number of hydrogen-bond donors (Lipinski definition) is 0. The molecule has 3 aromatic rings. The standard InChI is InChI=1S/C15H12ClN3O2S2/c1-2-11-7-12-13(16)17-15(18-14(12)23-11)22-8-9-3-5-10(6-4-9)19(20)21/h3-7H,2,8H2,1H3. The molecule has 0 radical (unpaired) electrons. The zero-order valence-corrected chi connectivity index (χ0v) is 14.5. The summed E-state index contributed by atoms with van der Waals surface area (Å²) in [5.41, 5.74) is 1.06. The van der Waals surface area contributed by atoms with Crippen molar-refractivity contribution >= 4 is 50.6 Å². The molecule has 0 aliphatic rings. The van der Waals surface area contributed by atoms with Crippen molar-refractivity contribution in [3.05, 3.63) is 56.0 Å². The van der Waals surface area contributed by atoms with Crippen LogP contribution in [0.25, 0.3) is 10.2 Å². The van der Waals surface area contributed by atoms with Crippen molar-refractivity contribution in [1.82, 2.24) is 9.97 Å². The van der Waals surface area contributed by atoms with Crippen molar-refractivity contribution in [2.24, 2.45) is 0 Å². The summed E-state index contributed by atoms with van der Waals surface area (Å²) in [6, 6.07) is 8.52.